The van der Waals surface area contributed by atoms with Gasteiger partial charge in [0.15, 0.2) is 0 Å². The lowest BCUT2D eigenvalue weighted by Crippen LogP contribution is -2.50. The average Bonchev–Trinajstić information content (AvgIpc) is 1.79. The summed E-state index contributed by atoms with van der Waals surface area (Å²) in [6.07, 6.45) is 8.34. The fourth-order valence-corrected chi connectivity index (χ4v) is 2.42. The Morgan fingerprint density at radius 1 is 1.25 bits per heavy atom. The summed E-state index contributed by atoms with van der Waals surface area (Å²) in [4.78, 5) is 2.68. The molecule has 1 saturated carbocycles. The van der Waals surface area contributed by atoms with E-state index in [2.05, 4.69) is 11.8 Å². The van der Waals surface area contributed by atoms with Gasteiger partial charge in [-0.3, -0.25) is 0 Å². The van der Waals surface area contributed by atoms with Crippen LogP contribution in [0.5, 0.6) is 0 Å². The second-order valence-electron chi connectivity index (χ2n) is 4.29. The van der Waals surface area contributed by atoms with E-state index in [-0.39, 0.29) is 0 Å². The molecule has 1 heteroatoms. The Morgan fingerprint density at radius 3 is 2.33 bits per heavy atom. The highest BCUT2D eigenvalue weighted by Gasteiger charge is 2.33. The number of hydrogen-bond acceptors (Lipinski definition) is 1. The summed E-state index contributed by atoms with van der Waals surface area (Å²) in [6.45, 7) is 6.70. The van der Waals surface area contributed by atoms with E-state index in [4.69, 9.17) is 0 Å². The van der Waals surface area contributed by atoms with Gasteiger partial charge in [-0.05, 0) is 44.7 Å². The molecule has 1 aliphatic carbocycles. The first-order valence-corrected chi connectivity index (χ1v) is 5.45. The van der Waals surface area contributed by atoms with E-state index in [1.54, 1.807) is 0 Å². The highest BCUT2D eigenvalue weighted by molar-refractivity contribution is 4.88. The summed E-state index contributed by atoms with van der Waals surface area (Å²) in [5, 5.41) is 0. The lowest BCUT2D eigenvalue weighted by atomic mass is 9.77. The molecule has 0 spiro atoms. The van der Waals surface area contributed by atoms with Crippen LogP contribution >= 0.6 is 0 Å². The van der Waals surface area contributed by atoms with Gasteiger partial charge in [0.05, 0.1) is 0 Å². The molecule has 0 aromatic rings. The molecule has 0 amide bonds. The van der Waals surface area contributed by atoms with Gasteiger partial charge in [-0.2, -0.15) is 0 Å². The van der Waals surface area contributed by atoms with Gasteiger partial charge >= 0.3 is 0 Å². The van der Waals surface area contributed by atoms with Gasteiger partial charge in [-0.1, -0.05) is 19.8 Å². The highest BCUT2D eigenvalue weighted by Crippen LogP contribution is 2.35. The lowest BCUT2D eigenvalue weighted by Gasteiger charge is -2.45. The van der Waals surface area contributed by atoms with Crippen molar-refractivity contribution in [1.29, 1.82) is 0 Å². The monoisotopic (exact) mass is 166 g/mol. The molecule has 1 unspecified atom stereocenters. The van der Waals surface area contributed by atoms with Crippen molar-refractivity contribution in [3.8, 4) is 0 Å². The molecule has 1 saturated heterocycles. The lowest BCUT2D eigenvalue weighted by molar-refractivity contribution is 0.0422. The number of likely N-dealkylation sites (tertiary alicyclic amines) is 1. The minimum atomic E-state index is 0.907. The van der Waals surface area contributed by atoms with Crippen molar-refractivity contribution in [2.45, 2.75) is 44.6 Å². The van der Waals surface area contributed by atoms with Crippen LogP contribution < -0.4 is 0 Å². The molecule has 1 nitrogen and oxygen atoms in total. The van der Waals surface area contributed by atoms with E-state index in [0.717, 1.165) is 18.4 Å². The zero-order valence-corrected chi connectivity index (χ0v) is 7.97. The van der Waals surface area contributed by atoms with Crippen LogP contribution in [-0.4, -0.2) is 24.0 Å². The Kier molecular flexibility index (Phi) is 2.69. The average molecular weight is 166 g/mol. The van der Waals surface area contributed by atoms with Gasteiger partial charge in [0.25, 0.3) is 0 Å². The van der Waals surface area contributed by atoms with E-state index in [0.29, 0.717) is 0 Å². The maximum Gasteiger partial charge on any atom is 0.0123 e. The van der Waals surface area contributed by atoms with Gasteiger partial charge in [0.2, 0.25) is 0 Å². The van der Waals surface area contributed by atoms with Crippen LogP contribution in [0.15, 0.2) is 0 Å². The van der Waals surface area contributed by atoms with Gasteiger partial charge in [0, 0.05) is 6.04 Å². The van der Waals surface area contributed by atoms with Crippen molar-refractivity contribution in [2.24, 2.45) is 5.92 Å². The van der Waals surface area contributed by atoms with Crippen LogP contribution in [0.25, 0.3) is 0 Å². The third-order valence-corrected chi connectivity index (χ3v) is 3.55. The van der Waals surface area contributed by atoms with Crippen LogP contribution in [0.1, 0.15) is 38.5 Å². The Balaban J connectivity index is 1.82. The largest absolute Gasteiger partial charge is 0.300 e. The predicted molar refractivity (Wildman–Crippen MR) is 51.9 cm³/mol. The fraction of sp³-hybridized carbons (Fsp3) is 0.909. The Bertz CT molecular complexity index is 122. The van der Waals surface area contributed by atoms with E-state index >= 15 is 0 Å². The van der Waals surface area contributed by atoms with E-state index in [1.807, 2.05) is 0 Å². The molecular weight excluding hydrogens is 146 g/mol. The minimum Gasteiger partial charge on any atom is -0.300 e. The van der Waals surface area contributed by atoms with E-state index < -0.39 is 0 Å². The first kappa shape index (κ1) is 8.55. The number of nitrogens with zero attached hydrogens (tertiary/aromatic N) is 1. The second kappa shape index (κ2) is 3.78. The molecule has 2 fully saturated rings. The maximum absolute atomic E-state index is 3.98. The zero-order valence-electron chi connectivity index (χ0n) is 7.97. The van der Waals surface area contributed by atoms with Crippen LogP contribution in [0, 0.1) is 12.8 Å². The molecule has 1 aliphatic heterocycles. The molecule has 1 heterocycles. The summed E-state index contributed by atoms with van der Waals surface area (Å²) in [7, 11) is 0. The Labute approximate surface area is 76.1 Å². The van der Waals surface area contributed by atoms with E-state index in [9.17, 15) is 0 Å². The van der Waals surface area contributed by atoms with Crippen molar-refractivity contribution in [2.75, 3.05) is 13.1 Å². The minimum absolute atomic E-state index is 0.907. The smallest absolute Gasteiger partial charge is 0.0123 e. The van der Waals surface area contributed by atoms with Gasteiger partial charge < -0.3 is 4.90 Å². The zero-order chi connectivity index (χ0) is 8.39. The summed E-state index contributed by atoms with van der Waals surface area (Å²) in [5.74, 6) is 1.03. The van der Waals surface area contributed by atoms with Crippen LogP contribution in [0.3, 0.4) is 0 Å². The highest BCUT2D eigenvalue weighted by atomic mass is 15.2. The third-order valence-electron chi connectivity index (χ3n) is 3.55. The first-order chi connectivity index (χ1) is 5.92. The molecular formula is C11H20N. The summed E-state index contributed by atoms with van der Waals surface area (Å²) < 4.78 is 0. The number of rotatable bonds is 4. The van der Waals surface area contributed by atoms with Crippen molar-refractivity contribution in [1.82, 2.24) is 4.90 Å². The molecule has 2 rings (SSSR count). The standard InChI is InChI=1S/C11H20N/c1-2-5-11(10-6-3-7-10)12-8-4-9-12/h10-11H,1-9H2. The normalized spacial score (nSPS) is 27.8. The molecule has 2 aliphatic rings. The van der Waals surface area contributed by atoms with Gasteiger partial charge in [-0.25, -0.2) is 0 Å². The Hall–Kier alpha value is -0.0400. The maximum atomic E-state index is 3.98. The summed E-state index contributed by atoms with van der Waals surface area (Å²) in [5.41, 5.74) is 0. The van der Waals surface area contributed by atoms with Crippen molar-refractivity contribution >= 4 is 0 Å². The van der Waals surface area contributed by atoms with Gasteiger partial charge in [0.1, 0.15) is 0 Å². The molecule has 0 bridgehead atoms. The molecule has 0 N–H and O–H groups in total. The van der Waals surface area contributed by atoms with Crippen molar-refractivity contribution in [3.63, 3.8) is 0 Å². The van der Waals surface area contributed by atoms with Crippen molar-refractivity contribution in [3.05, 3.63) is 6.92 Å². The van der Waals surface area contributed by atoms with Crippen molar-refractivity contribution < 1.29 is 0 Å². The molecule has 1 radical (unpaired) electrons. The molecule has 69 valence electrons. The topological polar surface area (TPSA) is 3.24 Å². The van der Waals surface area contributed by atoms with E-state index in [1.165, 1.54) is 45.2 Å². The second-order valence-corrected chi connectivity index (χ2v) is 4.29. The SMILES string of the molecule is [CH2]CCC(C1CCC1)N1CCC1. The molecule has 0 aromatic carbocycles. The molecule has 1 atom stereocenters. The predicted octanol–water partition coefficient (Wildman–Crippen LogP) is 2.48. The summed E-state index contributed by atoms with van der Waals surface area (Å²) >= 11 is 0. The molecule has 0 aromatic heterocycles. The summed E-state index contributed by atoms with van der Waals surface area (Å²) in [6, 6.07) is 0.907. The quantitative estimate of drug-likeness (QED) is 0.620. The molecule has 12 heavy (non-hydrogen) atoms. The Morgan fingerprint density at radius 2 is 2.00 bits per heavy atom. The van der Waals surface area contributed by atoms with Crippen LogP contribution in [0.2, 0.25) is 0 Å². The van der Waals surface area contributed by atoms with Crippen LogP contribution in [0.4, 0.5) is 0 Å². The van der Waals surface area contributed by atoms with Crippen LogP contribution in [-0.2, 0) is 0 Å². The van der Waals surface area contributed by atoms with Gasteiger partial charge in [-0.15, -0.1) is 0 Å². The number of hydrogen-bond donors (Lipinski definition) is 0. The third kappa shape index (κ3) is 1.52. The fourth-order valence-electron chi connectivity index (χ4n) is 2.42. The first-order valence-electron chi connectivity index (χ1n) is 5.45.